The summed E-state index contributed by atoms with van der Waals surface area (Å²) in [4.78, 5) is 6.73. The first-order chi connectivity index (χ1) is 9.49. The fourth-order valence-electron chi connectivity index (χ4n) is 2.41. The highest BCUT2D eigenvalue weighted by atomic mass is 16.3. The van der Waals surface area contributed by atoms with E-state index in [1.54, 1.807) is 0 Å². The Hall–Kier alpha value is -1.13. The predicted octanol–water partition coefficient (Wildman–Crippen LogP) is 2.05. The molecule has 1 fully saturated rings. The molecule has 1 aromatic heterocycles. The molecule has 0 bridgehead atoms. The average molecular weight is 277 g/mol. The van der Waals surface area contributed by atoms with Crippen molar-refractivity contribution in [2.45, 2.75) is 45.3 Å². The summed E-state index contributed by atoms with van der Waals surface area (Å²) in [6.45, 7) is 8.75. The predicted molar refractivity (Wildman–Crippen MR) is 82.9 cm³/mol. The first-order valence-corrected chi connectivity index (χ1v) is 7.61. The van der Waals surface area contributed by atoms with Gasteiger partial charge in [0.05, 0.1) is 5.60 Å². The van der Waals surface area contributed by atoms with Gasteiger partial charge in [0.15, 0.2) is 0 Å². The fourth-order valence-corrected chi connectivity index (χ4v) is 2.41. The molecule has 0 amide bonds. The number of nitrogens with one attached hydrogen (secondary N) is 1. The molecular formula is C16H27N3O. The molecule has 4 nitrogen and oxygen atoms in total. The van der Waals surface area contributed by atoms with Gasteiger partial charge in [-0.05, 0) is 37.8 Å². The number of nitrogens with zero attached hydrogens (tertiary/aromatic N) is 2. The van der Waals surface area contributed by atoms with Gasteiger partial charge < -0.3 is 15.3 Å². The van der Waals surface area contributed by atoms with Gasteiger partial charge in [-0.1, -0.05) is 19.9 Å². The van der Waals surface area contributed by atoms with Crippen molar-refractivity contribution in [1.29, 1.82) is 0 Å². The van der Waals surface area contributed by atoms with E-state index >= 15 is 0 Å². The van der Waals surface area contributed by atoms with Crippen molar-refractivity contribution in [1.82, 2.24) is 10.3 Å². The zero-order valence-corrected chi connectivity index (χ0v) is 12.8. The number of anilines is 1. The largest absolute Gasteiger partial charge is 0.389 e. The van der Waals surface area contributed by atoms with Gasteiger partial charge in [0.1, 0.15) is 5.82 Å². The molecule has 1 saturated heterocycles. The molecule has 1 aliphatic rings. The highest BCUT2D eigenvalue weighted by molar-refractivity contribution is 5.38. The monoisotopic (exact) mass is 277 g/mol. The lowest BCUT2D eigenvalue weighted by Gasteiger charge is -2.36. The Morgan fingerprint density at radius 2 is 2.10 bits per heavy atom. The van der Waals surface area contributed by atoms with Crippen LogP contribution in [0.2, 0.25) is 0 Å². The number of pyridine rings is 1. The number of aromatic nitrogens is 1. The third kappa shape index (κ3) is 3.93. The zero-order chi connectivity index (χ0) is 14.6. The molecule has 1 aliphatic heterocycles. The average Bonchev–Trinajstić information content (AvgIpc) is 2.46. The minimum absolute atomic E-state index is 0.267. The molecule has 1 aromatic rings. The number of aliphatic hydroxyl groups is 1. The van der Waals surface area contributed by atoms with Crippen LogP contribution in [0.15, 0.2) is 24.4 Å². The van der Waals surface area contributed by atoms with Crippen molar-refractivity contribution in [3.8, 4) is 0 Å². The van der Waals surface area contributed by atoms with Gasteiger partial charge in [0.2, 0.25) is 0 Å². The molecule has 4 heteroatoms. The fraction of sp³-hybridized carbons (Fsp3) is 0.688. The van der Waals surface area contributed by atoms with Crippen LogP contribution in [0.25, 0.3) is 0 Å². The van der Waals surface area contributed by atoms with Gasteiger partial charge >= 0.3 is 0 Å². The third-order valence-electron chi connectivity index (χ3n) is 4.46. The lowest BCUT2D eigenvalue weighted by molar-refractivity contribution is 0.0111. The van der Waals surface area contributed by atoms with Crippen LogP contribution < -0.4 is 10.2 Å². The number of piperidine rings is 1. The Kier molecular flexibility index (Phi) is 5.00. The first-order valence-electron chi connectivity index (χ1n) is 7.61. The smallest absolute Gasteiger partial charge is 0.128 e. The van der Waals surface area contributed by atoms with E-state index in [4.69, 9.17) is 0 Å². The van der Waals surface area contributed by atoms with E-state index in [1.807, 2.05) is 25.3 Å². The van der Waals surface area contributed by atoms with Gasteiger partial charge in [0.25, 0.3) is 0 Å². The zero-order valence-electron chi connectivity index (χ0n) is 12.8. The summed E-state index contributed by atoms with van der Waals surface area (Å²) < 4.78 is 0. The van der Waals surface area contributed by atoms with Crippen molar-refractivity contribution in [3.63, 3.8) is 0 Å². The minimum atomic E-state index is -0.627. The Morgan fingerprint density at radius 3 is 2.65 bits per heavy atom. The summed E-state index contributed by atoms with van der Waals surface area (Å²) in [6, 6.07) is 6.55. The maximum absolute atomic E-state index is 10.3. The Bertz CT molecular complexity index is 397. The SMILES string of the molecule is CC(C)C(C)(O)CNC1CCN(c2ccccn2)CC1. The van der Waals surface area contributed by atoms with Crippen LogP contribution in [-0.2, 0) is 0 Å². The second kappa shape index (κ2) is 6.55. The summed E-state index contributed by atoms with van der Waals surface area (Å²) in [7, 11) is 0. The molecule has 0 saturated carbocycles. The summed E-state index contributed by atoms with van der Waals surface area (Å²) in [5, 5.41) is 13.8. The van der Waals surface area contributed by atoms with Crippen molar-refractivity contribution < 1.29 is 5.11 Å². The molecule has 0 spiro atoms. The molecule has 2 heterocycles. The normalized spacial score (nSPS) is 20.1. The molecule has 1 unspecified atom stereocenters. The van der Waals surface area contributed by atoms with Crippen LogP contribution in [-0.4, -0.2) is 41.4 Å². The standard InChI is InChI=1S/C16H27N3O/c1-13(2)16(3,20)12-18-14-7-10-19(11-8-14)15-6-4-5-9-17-15/h4-6,9,13-14,18,20H,7-8,10-12H2,1-3H3. The van der Waals surface area contributed by atoms with Crippen LogP contribution in [0.4, 0.5) is 5.82 Å². The third-order valence-corrected chi connectivity index (χ3v) is 4.46. The maximum atomic E-state index is 10.3. The van der Waals surface area contributed by atoms with Crippen LogP contribution in [0, 0.1) is 5.92 Å². The molecule has 112 valence electrons. The van der Waals surface area contributed by atoms with E-state index in [2.05, 4.69) is 35.1 Å². The maximum Gasteiger partial charge on any atom is 0.128 e. The highest BCUT2D eigenvalue weighted by Gasteiger charge is 2.27. The van der Waals surface area contributed by atoms with Crippen LogP contribution in [0.5, 0.6) is 0 Å². The molecule has 2 rings (SSSR count). The van der Waals surface area contributed by atoms with E-state index in [0.717, 1.165) is 31.7 Å². The molecule has 1 atom stereocenters. The van der Waals surface area contributed by atoms with Gasteiger partial charge in [-0.25, -0.2) is 4.98 Å². The molecular weight excluding hydrogens is 250 g/mol. The first kappa shape index (κ1) is 15.3. The second-order valence-corrected chi connectivity index (χ2v) is 6.34. The Morgan fingerprint density at radius 1 is 1.40 bits per heavy atom. The highest BCUT2D eigenvalue weighted by Crippen LogP contribution is 2.19. The van der Waals surface area contributed by atoms with Gasteiger partial charge in [-0.2, -0.15) is 0 Å². The van der Waals surface area contributed by atoms with Gasteiger partial charge in [0, 0.05) is 31.9 Å². The van der Waals surface area contributed by atoms with Crippen molar-refractivity contribution >= 4 is 5.82 Å². The van der Waals surface area contributed by atoms with Crippen molar-refractivity contribution in [2.24, 2.45) is 5.92 Å². The van der Waals surface area contributed by atoms with Crippen molar-refractivity contribution in [3.05, 3.63) is 24.4 Å². The van der Waals surface area contributed by atoms with E-state index in [-0.39, 0.29) is 5.92 Å². The molecule has 0 radical (unpaired) electrons. The summed E-state index contributed by atoms with van der Waals surface area (Å²) in [5.41, 5.74) is -0.627. The van der Waals surface area contributed by atoms with E-state index in [1.165, 1.54) is 0 Å². The van der Waals surface area contributed by atoms with E-state index in [9.17, 15) is 5.11 Å². The summed E-state index contributed by atoms with van der Waals surface area (Å²) >= 11 is 0. The van der Waals surface area contributed by atoms with Crippen LogP contribution in [0.1, 0.15) is 33.6 Å². The lowest BCUT2D eigenvalue weighted by atomic mass is 9.92. The van der Waals surface area contributed by atoms with Crippen LogP contribution in [0.3, 0.4) is 0 Å². The Labute approximate surface area is 122 Å². The van der Waals surface area contributed by atoms with Crippen molar-refractivity contribution in [2.75, 3.05) is 24.5 Å². The number of hydrogen-bond donors (Lipinski definition) is 2. The lowest BCUT2D eigenvalue weighted by Crippen LogP contribution is -2.49. The molecule has 0 aromatic carbocycles. The summed E-state index contributed by atoms with van der Waals surface area (Å²) in [5.74, 6) is 1.34. The molecule has 20 heavy (non-hydrogen) atoms. The Balaban J connectivity index is 1.78. The van der Waals surface area contributed by atoms with Gasteiger partial charge in [-0.3, -0.25) is 0 Å². The number of hydrogen-bond acceptors (Lipinski definition) is 4. The van der Waals surface area contributed by atoms with E-state index < -0.39 is 5.60 Å². The van der Waals surface area contributed by atoms with E-state index in [0.29, 0.717) is 12.6 Å². The quantitative estimate of drug-likeness (QED) is 0.865. The second-order valence-electron chi connectivity index (χ2n) is 6.34. The summed E-state index contributed by atoms with van der Waals surface area (Å²) in [6.07, 6.45) is 4.05. The number of rotatable bonds is 5. The van der Waals surface area contributed by atoms with Gasteiger partial charge in [-0.15, -0.1) is 0 Å². The molecule has 0 aliphatic carbocycles. The topological polar surface area (TPSA) is 48.4 Å². The molecule has 2 N–H and O–H groups in total. The minimum Gasteiger partial charge on any atom is -0.389 e. The van der Waals surface area contributed by atoms with Crippen LogP contribution >= 0.6 is 0 Å².